The second-order valence-electron chi connectivity index (χ2n) is 4.28. The SMILES string of the molecule is Cc1cccc(C(O)CCc2cnn(C)c2)n1. The van der Waals surface area contributed by atoms with Gasteiger partial charge in [-0.05, 0) is 37.5 Å². The molecule has 1 N–H and O–H groups in total. The van der Waals surface area contributed by atoms with Crippen molar-refractivity contribution in [1.29, 1.82) is 0 Å². The molecule has 2 rings (SSSR count). The number of aliphatic hydroxyl groups excluding tert-OH is 1. The predicted octanol–water partition coefficient (Wildman–Crippen LogP) is 1.79. The molecule has 0 radical (unpaired) electrons. The van der Waals surface area contributed by atoms with Gasteiger partial charge in [0, 0.05) is 18.9 Å². The van der Waals surface area contributed by atoms with Crippen LogP contribution in [0.1, 0.15) is 29.5 Å². The zero-order chi connectivity index (χ0) is 12.3. The van der Waals surface area contributed by atoms with Crippen molar-refractivity contribution in [2.24, 2.45) is 7.05 Å². The topological polar surface area (TPSA) is 50.9 Å². The van der Waals surface area contributed by atoms with Crippen LogP contribution in [0.15, 0.2) is 30.6 Å². The number of hydrogen-bond donors (Lipinski definition) is 1. The van der Waals surface area contributed by atoms with E-state index in [4.69, 9.17) is 0 Å². The lowest BCUT2D eigenvalue weighted by atomic mass is 10.1. The van der Waals surface area contributed by atoms with Gasteiger partial charge in [0.15, 0.2) is 0 Å². The number of aliphatic hydroxyl groups is 1. The highest BCUT2D eigenvalue weighted by Crippen LogP contribution is 2.17. The van der Waals surface area contributed by atoms with Gasteiger partial charge in [-0.1, -0.05) is 6.07 Å². The maximum atomic E-state index is 10.0. The molecule has 0 bridgehead atoms. The van der Waals surface area contributed by atoms with Gasteiger partial charge in [0.1, 0.15) is 0 Å². The Kier molecular flexibility index (Phi) is 3.54. The number of aryl methyl sites for hydroxylation is 3. The van der Waals surface area contributed by atoms with Crippen LogP contribution in [0.2, 0.25) is 0 Å². The highest BCUT2D eigenvalue weighted by atomic mass is 16.3. The van der Waals surface area contributed by atoms with Crippen molar-refractivity contribution < 1.29 is 5.11 Å². The fourth-order valence-corrected chi connectivity index (χ4v) is 1.80. The first-order valence-electron chi connectivity index (χ1n) is 5.74. The zero-order valence-electron chi connectivity index (χ0n) is 10.2. The third-order valence-electron chi connectivity index (χ3n) is 2.72. The van der Waals surface area contributed by atoms with E-state index in [9.17, 15) is 5.11 Å². The minimum Gasteiger partial charge on any atom is -0.387 e. The van der Waals surface area contributed by atoms with E-state index in [1.807, 2.05) is 44.6 Å². The molecular formula is C13H17N3O. The molecule has 0 aliphatic heterocycles. The van der Waals surface area contributed by atoms with E-state index in [-0.39, 0.29) is 0 Å². The molecule has 0 saturated heterocycles. The third kappa shape index (κ3) is 3.14. The van der Waals surface area contributed by atoms with Gasteiger partial charge in [-0.25, -0.2) is 0 Å². The van der Waals surface area contributed by atoms with Gasteiger partial charge in [-0.15, -0.1) is 0 Å². The van der Waals surface area contributed by atoms with Crippen LogP contribution in [0.25, 0.3) is 0 Å². The summed E-state index contributed by atoms with van der Waals surface area (Å²) in [5, 5.41) is 14.1. The van der Waals surface area contributed by atoms with Crippen molar-refractivity contribution >= 4 is 0 Å². The second-order valence-corrected chi connectivity index (χ2v) is 4.28. The Hall–Kier alpha value is -1.68. The third-order valence-corrected chi connectivity index (χ3v) is 2.72. The first-order chi connectivity index (χ1) is 8.15. The lowest BCUT2D eigenvalue weighted by Gasteiger charge is -2.09. The average Bonchev–Trinajstić information content (AvgIpc) is 2.72. The summed E-state index contributed by atoms with van der Waals surface area (Å²) >= 11 is 0. The average molecular weight is 231 g/mol. The largest absolute Gasteiger partial charge is 0.387 e. The molecule has 4 heteroatoms. The summed E-state index contributed by atoms with van der Waals surface area (Å²) in [6, 6.07) is 5.71. The minimum absolute atomic E-state index is 0.505. The quantitative estimate of drug-likeness (QED) is 0.872. The van der Waals surface area contributed by atoms with Crippen molar-refractivity contribution in [3.8, 4) is 0 Å². The van der Waals surface area contributed by atoms with E-state index >= 15 is 0 Å². The molecule has 0 aliphatic rings. The zero-order valence-corrected chi connectivity index (χ0v) is 10.2. The van der Waals surface area contributed by atoms with Crippen LogP contribution in [-0.4, -0.2) is 19.9 Å². The molecule has 4 nitrogen and oxygen atoms in total. The first kappa shape index (κ1) is 11.8. The van der Waals surface area contributed by atoms with Gasteiger partial charge in [-0.2, -0.15) is 5.10 Å². The predicted molar refractivity (Wildman–Crippen MR) is 65.5 cm³/mol. The highest BCUT2D eigenvalue weighted by Gasteiger charge is 2.09. The summed E-state index contributed by atoms with van der Waals surface area (Å²) in [5.41, 5.74) is 2.82. The van der Waals surface area contributed by atoms with Crippen LogP contribution < -0.4 is 0 Å². The number of rotatable bonds is 4. The van der Waals surface area contributed by atoms with E-state index in [0.717, 1.165) is 23.4 Å². The van der Waals surface area contributed by atoms with Gasteiger partial charge in [0.2, 0.25) is 0 Å². The number of pyridine rings is 1. The van der Waals surface area contributed by atoms with Crippen LogP contribution in [0.3, 0.4) is 0 Å². The molecule has 0 aliphatic carbocycles. The van der Waals surface area contributed by atoms with Crippen molar-refractivity contribution in [3.63, 3.8) is 0 Å². The molecule has 0 spiro atoms. The molecule has 0 fully saturated rings. The summed E-state index contributed by atoms with van der Waals surface area (Å²) in [6.45, 7) is 1.93. The molecule has 0 saturated carbocycles. The lowest BCUT2D eigenvalue weighted by Crippen LogP contribution is -2.02. The maximum absolute atomic E-state index is 10.0. The Bertz CT molecular complexity index is 493. The van der Waals surface area contributed by atoms with Gasteiger partial charge < -0.3 is 5.11 Å². The Morgan fingerprint density at radius 1 is 1.41 bits per heavy atom. The van der Waals surface area contributed by atoms with Crippen LogP contribution in [0.5, 0.6) is 0 Å². The summed E-state index contributed by atoms with van der Waals surface area (Å²) in [5.74, 6) is 0. The Balaban J connectivity index is 1.95. The Morgan fingerprint density at radius 2 is 2.24 bits per heavy atom. The second kappa shape index (κ2) is 5.10. The van der Waals surface area contributed by atoms with E-state index in [1.165, 1.54) is 0 Å². The summed E-state index contributed by atoms with van der Waals surface area (Å²) in [7, 11) is 1.89. The van der Waals surface area contributed by atoms with Gasteiger partial charge >= 0.3 is 0 Å². The smallest absolute Gasteiger partial charge is 0.0963 e. The summed E-state index contributed by atoms with van der Waals surface area (Å²) in [6.07, 6.45) is 4.77. The summed E-state index contributed by atoms with van der Waals surface area (Å²) < 4.78 is 1.77. The van der Waals surface area contributed by atoms with E-state index < -0.39 is 6.10 Å². The normalized spacial score (nSPS) is 12.6. The Labute approximate surface area is 101 Å². The van der Waals surface area contributed by atoms with Crippen molar-refractivity contribution in [1.82, 2.24) is 14.8 Å². The van der Waals surface area contributed by atoms with E-state index in [0.29, 0.717) is 6.42 Å². The molecule has 2 aromatic heterocycles. The molecule has 90 valence electrons. The maximum Gasteiger partial charge on any atom is 0.0963 e. The standard InChI is InChI=1S/C13H17N3O/c1-10-4-3-5-12(15-10)13(17)7-6-11-8-14-16(2)9-11/h3-5,8-9,13,17H,6-7H2,1-2H3. The lowest BCUT2D eigenvalue weighted by molar-refractivity contribution is 0.163. The summed E-state index contributed by atoms with van der Waals surface area (Å²) in [4.78, 5) is 4.32. The minimum atomic E-state index is -0.505. The van der Waals surface area contributed by atoms with Gasteiger partial charge in [0.25, 0.3) is 0 Å². The Morgan fingerprint density at radius 3 is 2.88 bits per heavy atom. The highest BCUT2D eigenvalue weighted by molar-refractivity contribution is 5.13. The molecule has 0 aromatic carbocycles. The number of aromatic nitrogens is 3. The number of hydrogen-bond acceptors (Lipinski definition) is 3. The van der Waals surface area contributed by atoms with E-state index in [2.05, 4.69) is 10.1 Å². The first-order valence-corrected chi connectivity index (χ1v) is 5.74. The molecule has 17 heavy (non-hydrogen) atoms. The van der Waals surface area contributed by atoms with Crippen molar-refractivity contribution in [2.45, 2.75) is 25.9 Å². The fraction of sp³-hybridized carbons (Fsp3) is 0.385. The molecule has 1 unspecified atom stereocenters. The van der Waals surface area contributed by atoms with Crippen molar-refractivity contribution in [2.75, 3.05) is 0 Å². The van der Waals surface area contributed by atoms with Gasteiger partial charge in [0.05, 0.1) is 18.0 Å². The molecule has 2 aromatic rings. The van der Waals surface area contributed by atoms with Crippen LogP contribution in [0.4, 0.5) is 0 Å². The van der Waals surface area contributed by atoms with Crippen LogP contribution >= 0.6 is 0 Å². The molecule has 1 atom stereocenters. The number of nitrogens with zero attached hydrogens (tertiary/aromatic N) is 3. The molecule has 2 heterocycles. The van der Waals surface area contributed by atoms with E-state index in [1.54, 1.807) is 4.68 Å². The fourth-order valence-electron chi connectivity index (χ4n) is 1.80. The monoisotopic (exact) mass is 231 g/mol. The van der Waals surface area contributed by atoms with Crippen LogP contribution in [0, 0.1) is 6.92 Å². The molecule has 0 amide bonds. The van der Waals surface area contributed by atoms with Crippen LogP contribution in [-0.2, 0) is 13.5 Å². The van der Waals surface area contributed by atoms with Crippen molar-refractivity contribution in [3.05, 3.63) is 47.5 Å². The molecular weight excluding hydrogens is 214 g/mol. The van der Waals surface area contributed by atoms with Gasteiger partial charge in [-0.3, -0.25) is 9.67 Å².